The molecule has 0 bridgehead atoms. The minimum absolute atomic E-state index is 0.0833. The zero-order valence-corrected chi connectivity index (χ0v) is 14.2. The van der Waals surface area contributed by atoms with Crippen LogP contribution in [0.3, 0.4) is 0 Å². The van der Waals surface area contributed by atoms with Crippen molar-refractivity contribution in [3.8, 4) is 0 Å². The first-order chi connectivity index (χ1) is 13.0. The predicted molar refractivity (Wildman–Crippen MR) is 97.0 cm³/mol. The van der Waals surface area contributed by atoms with E-state index in [1.165, 1.54) is 18.2 Å². The fraction of sp³-hybridized carbons (Fsp3) is 0.105. The summed E-state index contributed by atoms with van der Waals surface area (Å²) in [6.45, 7) is -0.358. The molecular formula is C19H17FN4O3. The van der Waals surface area contributed by atoms with Crippen molar-refractivity contribution in [2.75, 3.05) is 6.54 Å². The molecule has 8 heteroatoms. The molecule has 0 atom stereocenters. The van der Waals surface area contributed by atoms with E-state index in [1.54, 1.807) is 6.20 Å². The zero-order valence-electron chi connectivity index (χ0n) is 14.2. The molecule has 0 unspecified atom stereocenters. The van der Waals surface area contributed by atoms with E-state index in [0.29, 0.717) is 0 Å². The van der Waals surface area contributed by atoms with Crippen LogP contribution in [0.1, 0.15) is 15.9 Å². The summed E-state index contributed by atoms with van der Waals surface area (Å²) < 4.78 is 13.1. The summed E-state index contributed by atoms with van der Waals surface area (Å²) in [6, 6.07) is 12.7. The highest BCUT2D eigenvalue weighted by molar-refractivity contribution is 5.96. The summed E-state index contributed by atoms with van der Waals surface area (Å²) in [5, 5.41) is 3.28. The van der Waals surface area contributed by atoms with Crippen LogP contribution in [0.15, 0.2) is 54.7 Å². The van der Waals surface area contributed by atoms with E-state index in [9.17, 15) is 18.8 Å². The van der Waals surface area contributed by atoms with Gasteiger partial charge >= 0.3 is 0 Å². The van der Waals surface area contributed by atoms with Gasteiger partial charge in [0.05, 0.1) is 13.0 Å². The molecule has 138 valence electrons. The summed E-state index contributed by atoms with van der Waals surface area (Å²) >= 11 is 0. The first-order valence-corrected chi connectivity index (χ1v) is 8.19. The molecule has 0 aliphatic rings. The largest absolute Gasteiger partial charge is 0.361 e. The van der Waals surface area contributed by atoms with E-state index in [-0.39, 0.29) is 18.5 Å². The van der Waals surface area contributed by atoms with Crippen molar-refractivity contribution in [1.82, 2.24) is 21.2 Å². The van der Waals surface area contributed by atoms with E-state index < -0.39 is 23.5 Å². The first-order valence-electron chi connectivity index (χ1n) is 8.19. The van der Waals surface area contributed by atoms with E-state index in [2.05, 4.69) is 21.2 Å². The van der Waals surface area contributed by atoms with Crippen LogP contribution in [0.4, 0.5) is 4.39 Å². The molecule has 1 aromatic heterocycles. The van der Waals surface area contributed by atoms with Gasteiger partial charge in [0.15, 0.2) is 0 Å². The fourth-order valence-corrected chi connectivity index (χ4v) is 2.57. The number of aromatic nitrogens is 1. The van der Waals surface area contributed by atoms with Crippen LogP contribution >= 0.6 is 0 Å². The second-order valence-electron chi connectivity index (χ2n) is 5.83. The summed E-state index contributed by atoms with van der Waals surface area (Å²) in [5.74, 6) is -2.14. The Bertz CT molecular complexity index is 999. The van der Waals surface area contributed by atoms with Gasteiger partial charge in [-0.15, -0.1) is 0 Å². The van der Waals surface area contributed by atoms with E-state index in [0.717, 1.165) is 22.5 Å². The Hall–Kier alpha value is -3.68. The summed E-state index contributed by atoms with van der Waals surface area (Å²) in [5.41, 5.74) is 6.34. The molecule has 1 heterocycles. The van der Waals surface area contributed by atoms with Crippen LogP contribution in [-0.4, -0.2) is 29.3 Å². The van der Waals surface area contributed by atoms with Gasteiger partial charge in [-0.25, -0.2) is 4.39 Å². The molecule has 27 heavy (non-hydrogen) atoms. The maximum absolute atomic E-state index is 13.1. The van der Waals surface area contributed by atoms with Gasteiger partial charge in [-0.05, 0) is 29.8 Å². The van der Waals surface area contributed by atoms with Crippen molar-refractivity contribution in [2.24, 2.45) is 0 Å². The second-order valence-corrected chi connectivity index (χ2v) is 5.83. The number of fused-ring (bicyclic) bond motifs is 1. The van der Waals surface area contributed by atoms with Crippen molar-refractivity contribution in [2.45, 2.75) is 6.42 Å². The summed E-state index contributed by atoms with van der Waals surface area (Å²) in [7, 11) is 0. The molecule has 7 nitrogen and oxygen atoms in total. The van der Waals surface area contributed by atoms with Crippen LogP contribution in [0.5, 0.6) is 0 Å². The number of carbonyl (C=O) groups excluding carboxylic acids is 3. The van der Waals surface area contributed by atoms with Crippen LogP contribution in [0.2, 0.25) is 0 Å². The number of aromatic amines is 1. The Kier molecular flexibility index (Phi) is 5.46. The van der Waals surface area contributed by atoms with Crippen LogP contribution < -0.4 is 16.2 Å². The average molecular weight is 368 g/mol. The van der Waals surface area contributed by atoms with Crippen LogP contribution in [0.25, 0.3) is 10.9 Å². The minimum atomic E-state index is -0.605. The molecule has 3 rings (SSSR count). The molecule has 0 aliphatic carbocycles. The minimum Gasteiger partial charge on any atom is -0.361 e. The Morgan fingerprint density at radius 1 is 0.963 bits per heavy atom. The molecule has 3 amide bonds. The number of carbonyl (C=O) groups is 3. The highest BCUT2D eigenvalue weighted by Crippen LogP contribution is 2.17. The van der Waals surface area contributed by atoms with Crippen molar-refractivity contribution >= 4 is 28.6 Å². The van der Waals surface area contributed by atoms with Crippen LogP contribution in [-0.2, 0) is 16.0 Å². The molecule has 0 aliphatic heterocycles. The molecule has 3 aromatic rings. The third kappa shape index (κ3) is 4.69. The molecular weight excluding hydrogens is 351 g/mol. The smallest absolute Gasteiger partial charge is 0.257 e. The van der Waals surface area contributed by atoms with Crippen molar-refractivity contribution in [1.29, 1.82) is 0 Å². The summed E-state index contributed by atoms with van der Waals surface area (Å²) in [6.07, 6.45) is 1.82. The first kappa shape index (κ1) is 18.1. The summed E-state index contributed by atoms with van der Waals surface area (Å²) in [4.78, 5) is 38.6. The SMILES string of the molecule is O=C(CNC(=O)c1cccc(F)c1)NNC(=O)Cc1c[nH]c2ccccc12. The predicted octanol–water partition coefficient (Wildman–Crippen LogP) is 1.43. The van der Waals surface area contributed by atoms with E-state index in [4.69, 9.17) is 0 Å². The van der Waals surface area contributed by atoms with Crippen LogP contribution in [0, 0.1) is 5.82 Å². The average Bonchev–Trinajstić information content (AvgIpc) is 3.07. The maximum atomic E-state index is 13.1. The number of rotatable bonds is 5. The molecule has 0 saturated carbocycles. The molecule has 0 radical (unpaired) electrons. The number of benzene rings is 2. The molecule has 0 saturated heterocycles. The maximum Gasteiger partial charge on any atom is 0.257 e. The number of hydrogen-bond acceptors (Lipinski definition) is 3. The number of hydrogen-bond donors (Lipinski definition) is 4. The molecule has 0 spiro atoms. The number of hydrazine groups is 1. The number of H-pyrrole nitrogens is 1. The normalized spacial score (nSPS) is 10.4. The Labute approximate surface area is 153 Å². The van der Waals surface area contributed by atoms with Crippen molar-refractivity contribution in [3.05, 3.63) is 71.7 Å². The van der Waals surface area contributed by atoms with Gasteiger partial charge in [0.25, 0.3) is 11.8 Å². The third-order valence-electron chi connectivity index (χ3n) is 3.86. The number of nitrogens with one attached hydrogen (secondary N) is 4. The Balaban J connectivity index is 1.45. The number of amides is 3. The zero-order chi connectivity index (χ0) is 19.2. The van der Waals surface area contributed by atoms with Gasteiger partial charge in [-0.1, -0.05) is 24.3 Å². The van der Waals surface area contributed by atoms with Gasteiger partial charge < -0.3 is 10.3 Å². The van der Waals surface area contributed by atoms with Gasteiger partial charge in [-0.3, -0.25) is 25.2 Å². The number of para-hydroxylation sites is 1. The highest BCUT2D eigenvalue weighted by Gasteiger charge is 2.11. The standard InChI is InChI=1S/C19H17FN4O3/c20-14-5-3-4-12(8-14)19(27)22-11-18(26)24-23-17(25)9-13-10-21-16-7-2-1-6-15(13)16/h1-8,10,21H,9,11H2,(H,22,27)(H,23,25)(H,24,26). The highest BCUT2D eigenvalue weighted by atomic mass is 19.1. The fourth-order valence-electron chi connectivity index (χ4n) is 2.57. The topological polar surface area (TPSA) is 103 Å². The third-order valence-corrected chi connectivity index (χ3v) is 3.86. The van der Waals surface area contributed by atoms with Gasteiger partial charge in [0.2, 0.25) is 5.91 Å². The lowest BCUT2D eigenvalue weighted by molar-refractivity contribution is -0.128. The molecule has 0 fully saturated rings. The van der Waals surface area contributed by atoms with Crippen molar-refractivity contribution < 1.29 is 18.8 Å². The Morgan fingerprint density at radius 3 is 2.56 bits per heavy atom. The van der Waals surface area contributed by atoms with Crippen molar-refractivity contribution in [3.63, 3.8) is 0 Å². The lowest BCUT2D eigenvalue weighted by atomic mass is 10.1. The lowest BCUT2D eigenvalue weighted by Crippen LogP contribution is -2.46. The van der Waals surface area contributed by atoms with Gasteiger partial charge in [-0.2, -0.15) is 0 Å². The molecule has 2 aromatic carbocycles. The lowest BCUT2D eigenvalue weighted by Gasteiger charge is -2.08. The monoisotopic (exact) mass is 368 g/mol. The van der Waals surface area contributed by atoms with Gasteiger partial charge in [0.1, 0.15) is 5.82 Å². The second kappa shape index (κ2) is 8.13. The Morgan fingerprint density at radius 2 is 1.74 bits per heavy atom. The van der Waals surface area contributed by atoms with E-state index >= 15 is 0 Å². The van der Waals surface area contributed by atoms with E-state index in [1.807, 2.05) is 24.3 Å². The molecule has 4 N–H and O–H groups in total. The number of halogens is 1. The quantitative estimate of drug-likeness (QED) is 0.512. The van der Waals surface area contributed by atoms with Gasteiger partial charge in [0, 0.05) is 22.7 Å².